The lowest BCUT2D eigenvalue weighted by atomic mass is 10.3. The van der Waals surface area contributed by atoms with Crippen molar-refractivity contribution in [2.45, 2.75) is 6.92 Å². The Morgan fingerprint density at radius 3 is 1.89 bits per heavy atom. The number of nitro groups is 1. The Balaban J connectivity index is 2.06. The topological polar surface area (TPSA) is 61.6 Å². The minimum Gasteiger partial charge on any atom is -0.494 e. The molecule has 0 heterocycles. The number of hydrogen-bond donors (Lipinski definition) is 0. The molecule has 0 unspecified atom stereocenters. The van der Waals surface area contributed by atoms with Crippen molar-refractivity contribution >= 4 is 5.69 Å². The molecule has 0 aliphatic heterocycles. The Hall–Kier alpha value is -2.56. The van der Waals surface area contributed by atoms with E-state index < -0.39 is 4.92 Å². The van der Waals surface area contributed by atoms with E-state index in [-0.39, 0.29) is 5.69 Å². The van der Waals surface area contributed by atoms with Crippen molar-refractivity contribution in [1.82, 2.24) is 0 Å². The quantitative estimate of drug-likeness (QED) is 0.605. The van der Waals surface area contributed by atoms with Gasteiger partial charge in [-0.25, -0.2) is 0 Å². The zero-order valence-electron chi connectivity index (χ0n) is 10.4. The molecule has 5 nitrogen and oxygen atoms in total. The summed E-state index contributed by atoms with van der Waals surface area (Å²) in [6.07, 6.45) is 0. The second kappa shape index (κ2) is 5.86. The van der Waals surface area contributed by atoms with Gasteiger partial charge in [-0.3, -0.25) is 10.1 Å². The van der Waals surface area contributed by atoms with E-state index in [0.29, 0.717) is 18.1 Å². The first-order chi connectivity index (χ1) is 9.19. The highest BCUT2D eigenvalue weighted by Gasteiger charge is 2.05. The molecule has 0 spiro atoms. The van der Waals surface area contributed by atoms with Gasteiger partial charge >= 0.3 is 0 Å². The van der Waals surface area contributed by atoms with E-state index in [1.807, 2.05) is 19.1 Å². The summed E-state index contributed by atoms with van der Waals surface area (Å²) >= 11 is 0. The molecule has 0 saturated heterocycles. The molecule has 0 bridgehead atoms. The maximum absolute atomic E-state index is 10.5. The maximum Gasteiger partial charge on any atom is 0.269 e. The van der Waals surface area contributed by atoms with Crippen LogP contribution in [-0.2, 0) is 0 Å². The van der Waals surface area contributed by atoms with Gasteiger partial charge in [-0.15, -0.1) is 0 Å². The smallest absolute Gasteiger partial charge is 0.269 e. The molecule has 0 fully saturated rings. The lowest BCUT2D eigenvalue weighted by molar-refractivity contribution is -0.384. The number of non-ortho nitro benzene ring substituents is 1. The van der Waals surface area contributed by atoms with Crippen molar-refractivity contribution in [2.75, 3.05) is 6.61 Å². The minimum absolute atomic E-state index is 0.0408. The summed E-state index contributed by atoms with van der Waals surface area (Å²) < 4.78 is 10.9. The van der Waals surface area contributed by atoms with Crippen molar-refractivity contribution in [3.8, 4) is 17.2 Å². The summed E-state index contributed by atoms with van der Waals surface area (Å²) in [6, 6.07) is 13.1. The monoisotopic (exact) mass is 259 g/mol. The van der Waals surface area contributed by atoms with Crippen molar-refractivity contribution in [1.29, 1.82) is 0 Å². The second-order valence-electron chi connectivity index (χ2n) is 3.76. The molecule has 2 aromatic rings. The number of ether oxygens (including phenoxy) is 2. The predicted octanol–water partition coefficient (Wildman–Crippen LogP) is 3.79. The first kappa shape index (κ1) is 12.9. The average Bonchev–Trinajstić information content (AvgIpc) is 2.42. The van der Waals surface area contributed by atoms with E-state index in [9.17, 15) is 10.1 Å². The molecule has 2 rings (SSSR count). The number of nitro benzene ring substituents is 1. The molecule has 2 aromatic carbocycles. The van der Waals surface area contributed by atoms with Crippen LogP contribution in [0.15, 0.2) is 48.5 Å². The van der Waals surface area contributed by atoms with Crippen LogP contribution in [0.5, 0.6) is 17.2 Å². The van der Waals surface area contributed by atoms with Gasteiger partial charge in [0.05, 0.1) is 11.5 Å². The van der Waals surface area contributed by atoms with Gasteiger partial charge in [-0.2, -0.15) is 0 Å². The standard InChI is InChI=1S/C14H13NO4/c1-2-18-12-7-9-14(10-8-12)19-13-5-3-11(4-6-13)15(16)17/h3-10H,2H2,1H3. The summed E-state index contributed by atoms with van der Waals surface area (Å²) in [5.41, 5.74) is 0.0408. The van der Waals surface area contributed by atoms with Crippen LogP contribution in [0.1, 0.15) is 6.92 Å². The van der Waals surface area contributed by atoms with Gasteiger partial charge in [0.2, 0.25) is 0 Å². The summed E-state index contributed by atoms with van der Waals surface area (Å²) in [7, 11) is 0. The summed E-state index contributed by atoms with van der Waals surface area (Å²) in [4.78, 5) is 10.1. The van der Waals surface area contributed by atoms with Crippen LogP contribution in [0.3, 0.4) is 0 Å². The van der Waals surface area contributed by atoms with E-state index in [2.05, 4.69) is 0 Å². The largest absolute Gasteiger partial charge is 0.494 e. The average molecular weight is 259 g/mol. The maximum atomic E-state index is 10.5. The lowest BCUT2D eigenvalue weighted by Gasteiger charge is -2.07. The summed E-state index contributed by atoms with van der Waals surface area (Å²) in [5.74, 6) is 1.98. The number of rotatable bonds is 5. The van der Waals surface area contributed by atoms with E-state index in [4.69, 9.17) is 9.47 Å². The second-order valence-corrected chi connectivity index (χ2v) is 3.76. The molecule has 0 radical (unpaired) electrons. The Labute approximate surface area is 110 Å². The number of benzene rings is 2. The minimum atomic E-state index is -0.444. The van der Waals surface area contributed by atoms with E-state index >= 15 is 0 Å². The Morgan fingerprint density at radius 2 is 1.42 bits per heavy atom. The van der Waals surface area contributed by atoms with Gasteiger partial charge in [0.15, 0.2) is 0 Å². The van der Waals surface area contributed by atoms with Gasteiger partial charge in [-0.1, -0.05) is 0 Å². The Kier molecular flexibility index (Phi) is 3.97. The first-order valence-electron chi connectivity index (χ1n) is 5.84. The Bertz CT molecular complexity index is 549. The third-order valence-electron chi connectivity index (χ3n) is 2.42. The fourth-order valence-electron chi connectivity index (χ4n) is 1.54. The number of nitrogens with zero attached hydrogens (tertiary/aromatic N) is 1. The van der Waals surface area contributed by atoms with Crippen LogP contribution in [0.2, 0.25) is 0 Å². The predicted molar refractivity (Wildman–Crippen MR) is 70.8 cm³/mol. The third-order valence-corrected chi connectivity index (χ3v) is 2.42. The highest BCUT2D eigenvalue weighted by Crippen LogP contribution is 2.25. The van der Waals surface area contributed by atoms with Crippen LogP contribution < -0.4 is 9.47 Å². The van der Waals surface area contributed by atoms with Crippen LogP contribution in [0.25, 0.3) is 0 Å². The van der Waals surface area contributed by atoms with Gasteiger partial charge < -0.3 is 9.47 Å². The molecule has 0 aromatic heterocycles. The summed E-state index contributed by atoms with van der Waals surface area (Å²) in [5, 5.41) is 10.5. The summed E-state index contributed by atoms with van der Waals surface area (Å²) in [6.45, 7) is 2.53. The third kappa shape index (κ3) is 3.45. The molecule has 0 N–H and O–H groups in total. The molecule has 98 valence electrons. The molecule has 0 aliphatic carbocycles. The zero-order valence-corrected chi connectivity index (χ0v) is 10.4. The van der Waals surface area contributed by atoms with Gasteiger partial charge in [0.25, 0.3) is 5.69 Å². The normalized spacial score (nSPS) is 9.95. The highest BCUT2D eigenvalue weighted by molar-refractivity contribution is 5.39. The molecular formula is C14H13NO4. The Morgan fingerprint density at radius 1 is 0.947 bits per heavy atom. The van der Waals surface area contributed by atoms with Crippen molar-refractivity contribution in [2.24, 2.45) is 0 Å². The fraction of sp³-hybridized carbons (Fsp3) is 0.143. The van der Waals surface area contributed by atoms with Crippen LogP contribution in [0, 0.1) is 10.1 Å². The van der Waals surface area contributed by atoms with Crippen LogP contribution in [-0.4, -0.2) is 11.5 Å². The van der Waals surface area contributed by atoms with Crippen molar-refractivity contribution < 1.29 is 14.4 Å². The zero-order chi connectivity index (χ0) is 13.7. The molecule has 0 saturated carbocycles. The van der Waals surface area contributed by atoms with Gasteiger partial charge in [0, 0.05) is 12.1 Å². The molecule has 0 amide bonds. The molecular weight excluding hydrogens is 246 g/mol. The fourth-order valence-corrected chi connectivity index (χ4v) is 1.54. The lowest BCUT2D eigenvalue weighted by Crippen LogP contribution is -1.91. The van der Waals surface area contributed by atoms with Gasteiger partial charge in [0.1, 0.15) is 17.2 Å². The molecule has 19 heavy (non-hydrogen) atoms. The molecule has 0 aliphatic rings. The van der Waals surface area contributed by atoms with Crippen molar-refractivity contribution in [3.63, 3.8) is 0 Å². The van der Waals surface area contributed by atoms with E-state index in [1.165, 1.54) is 12.1 Å². The van der Waals surface area contributed by atoms with Crippen LogP contribution >= 0.6 is 0 Å². The SMILES string of the molecule is CCOc1ccc(Oc2ccc([N+](=O)[O-])cc2)cc1. The molecule has 0 atom stereocenters. The van der Waals surface area contributed by atoms with Crippen molar-refractivity contribution in [3.05, 3.63) is 58.6 Å². The van der Waals surface area contributed by atoms with Crippen LogP contribution in [0.4, 0.5) is 5.69 Å². The van der Waals surface area contributed by atoms with E-state index in [0.717, 1.165) is 5.75 Å². The number of hydrogen-bond acceptors (Lipinski definition) is 4. The highest BCUT2D eigenvalue weighted by atomic mass is 16.6. The van der Waals surface area contributed by atoms with Gasteiger partial charge in [-0.05, 0) is 43.3 Å². The van der Waals surface area contributed by atoms with E-state index in [1.54, 1.807) is 24.3 Å². The molecule has 5 heteroatoms. The first-order valence-corrected chi connectivity index (χ1v) is 5.84.